The van der Waals surface area contributed by atoms with Gasteiger partial charge < -0.3 is 0 Å². The Balaban J connectivity index is 2.67. The third-order valence-corrected chi connectivity index (χ3v) is 3.94. The first-order valence-electron chi connectivity index (χ1n) is 6.63. The molecule has 0 amide bonds. The van der Waals surface area contributed by atoms with Gasteiger partial charge in [0.15, 0.2) is 0 Å². The molecule has 2 nitrogen and oxygen atoms in total. The molecule has 102 valence electrons. The lowest BCUT2D eigenvalue weighted by molar-refractivity contribution is 0.226. The molecule has 18 heavy (non-hydrogen) atoms. The lowest BCUT2D eigenvalue weighted by Gasteiger charge is -2.25. The molecule has 1 rings (SSSR count). The summed E-state index contributed by atoms with van der Waals surface area (Å²) in [5.41, 5.74) is 1.05. The van der Waals surface area contributed by atoms with Crippen molar-refractivity contribution in [3.63, 3.8) is 0 Å². The van der Waals surface area contributed by atoms with E-state index in [0.29, 0.717) is 10.3 Å². The van der Waals surface area contributed by atoms with Crippen LogP contribution in [0.3, 0.4) is 0 Å². The maximum absolute atomic E-state index is 6.11. The summed E-state index contributed by atoms with van der Waals surface area (Å²) in [5.74, 6) is 0.754. The van der Waals surface area contributed by atoms with Crippen molar-refractivity contribution >= 4 is 23.2 Å². The summed E-state index contributed by atoms with van der Waals surface area (Å²) in [6.45, 7) is 9.66. The number of hydrogen-bond acceptors (Lipinski definition) is 2. The normalized spacial score (nSPS) is 11.5. The summed E-state index contributed by atoms with van der Waals surface area (Å²) in [5, 5.41) is 0.970. The zero-order chi connectivity index (χ0) is 13.5. The van der Waals surface area contributed by atoms with Gasteiger partial charge in [0.1, 0.15) is 10.3 Å². The maximum atomic E-state index is 6.11. The predicted molar refractivity (Wildman–Crippen MR) is 79.3 cm³/mol. The van der Waals surface area contributed by atoms with Crippen molar-refractivity contribution in [2.75, 3.05) is 13.1 Å². The molecule has 0 unspecified atom stereocenters. The summed E-state index contributed by atoms with van der Waals surface area (Å²) in [4.78, 5) is 6.50. The second-order valence-corrected chi connectivity index (χ2v) is 5.34. The number of rotatable bonds is 7. The van der Waals surface area contributed by atoms with Crippen LogP contribution < -0.4 is 0 Å². The second kappa shape index (κ2) is 7.98. The number of nitrogens with zero attached hydrogens (tertiary/aromatic N) is 2. The molecular formula is C14H22Cl2N2. The van der Waals surface area contributed by atoms with Crippen molar-refractivity contribution in [3.8, 4) is 0 Å². The first-order valence-corrected chi connectivity index (χ1v) is 7.39. The summed E-state index contributed by atoms with van der Waals surface area (Å²) in [7, 11) is 0. The molecule has 0 radical (unpaired) electrons. The van der Waals surface area contributed by atoms with Gasteiger partial charge in [-0.15, -0.1) is 0 Å². The highest BCUT2D eigenvalue weighted by atomic mass is 35.5. The van der Waals surface area contributed by atoms with Crippen LogP contribution in [0.4, 0.5) is 0 Å². The van der Waals surface area contributed by atoms with Crippen molar-refractivity contribution in [2.45, 2.75) is 40.2 Å². The molecule has 4 heteroatoms. The summed E-state index contributed by atoms with van der Waals surface area (Å²) < 4.78 is 0. The van der Waals surface area contributed by atoms with E-state index in [2.05, 4.69) is 30.7 Å². The molecule has 0 aromatic carbocycles. The molecule has 0 spiro atoms. The molecule has 0 atom stereocenters. The largest absolute Gasteiger partial charge is 0.299 e. The minimum atomic E-state index is 0.451. The number of aromatic nitrogens is 1. The van der Waals surface area contributed by atoms with Crippen molar-refractivity contribution in [3.05, 3.63) is 28.0 Å². The van der Waals surface area contributed by atoms with Gasteiger partial charge in [-0.05, 0) is 18.5 Å². The standard InChI is InChI=1S/C14H22Cl2N2/c1-4-11(5-2)9-18(6-3)10-12-7-8-13(15)17-14(12)16/h7-8,11H,4-6,9-10H2,1-3H3. The molecule has 0 aliphatic heterocycles. The zero-order valence-electron chi connectivity index (χ0n) is 11.4. The topological polar surface area (TPSA) is 16.1 Å². The van der Waals surface area contributed by atoms with Gasteiger partial charge in [0.05, 0.1) is 0 Å². The van der Waals surface area contributed by atoms with Gasteiger partial charge in [-0.1, -0.05) is 62.9 Å². The van der Waals surface area contributed by atoms with Gasteiger partial charge >= 0.3 is 0 Å². The third kappa shape index (κ3) is 4.75. The van der Waals surface area contributed by atoms with Crippen molar-refractivity contribution in [1.82, 2.24) is 9.88 Å². The van der Waals surface area contributed by atoms with Crippen LogP contribution in [-0.2, 0) is 6.54 Å². The maximum Gasteiger partial charge on any atom is 0.135 e. The summed E-state index contributed by atoms with van der Waals surface area (Å²) in [6, 6.07) is 3.76. The van der Waals surface area contributed by atoms with Crippen LogP contribution in [0.5, 0.6) is 0 Å². The van der Waals surface area contributed by atoms with Crippen LogP contribution in [0.1, 0.15) is 39.2 Å². The molecule has 1 aromatic rings. The van der Waals surface area contributed by atoms with Crippen LogP contribution in [0.25, 0.3) is 0 Å². The molecular weight excluding hydrogens is 267 g/mol. The van der Waals surface area contributed by atoms with E-state index in [1.165, 1.54) is 12.8 Å². The van der Waals surface area contributed by atoms with Crippen LogP contribution >= 0.6 is 23.2 Å². The lowest BCUT2D eigenvalue weighted by atomic mass is 10.0. The first-order chi connectivity index (χ1) is 8.60. The Kier molecular flexibility index (Phi) is 6.98. The van der Waals surface area contributed by atoms with E-state index in [9.17, 15) is 0 Å². The average molecular weight is 289 g/mol. The first kappa shape index (κ1) is 15.7. The van der Waals surface area contributed by atoms with Crippen molar-refractivity contribution < 1.29 is 0 Å². The molecule has 0 bridgehead atoms. The smallest absolute Gasteiger partial charge is 0.135 e. The van der Waals surface area contributed by atoms with E-state index in [1.807, 2.05) is 6.07 Å². The monoisotopic (exact) mass is 288 g/mol. The predicted octanol–water partition coefficient (Wildman–Crippen LogP) is 4.65. The highest BCUT2D eigenvalue weighted by Crippen LogP contribution is 2.19. The number of halogens is 2. The van der Waals surface area contributed by atoms with Gasteiger partial charge in [0.25, 0.3) is 0 Å². The van der Waals surface area contributed by atoms with E-state index < -0.39 is 0 Å². The molecule has 1 aromatic heterocycles. The highest BCUT2D eigenvalue weighted by Gasteiger charge is 2.12. The molecule has 0 saturated heterocycles. The molecule has 0 fully saturated rings. The third-order valence-electron chi connectivity index (χ3n) is 3.40. The fourth-order valence-corrected chi connectivity index (χ4v) is 2.42. The molecule has 0 aliphatic rings. The van der Waals surface area contributed by atoms with E-state index in [4.69, 9.17) is 23.2 Å². The Morgan fingerprint density at radius 1 is 1.17 bits per heavy atom. The zero-order valence-corrected chi connectivity index (χ0v) is 12.9. The van der Waals surface area contributed by atoms with Crippen LogP contribution in [0.15, 0.2) is 12.1 Å². The van der Waals surface area contributed by atoms with E-state index >= 15 is 0 Å². The molecule has 0 aliphatic carbocycles. The minimum Gasteiger partial charge on any atom is -0.299 e. The Hall–Kier alpha value is -0.310. The van der Waals surface area contributed by atoms with Crippen LogP contribution in [0.2, 0.25) is 10.3 Å². The van der Waals surface area contributed by atoms with Gasteiger partial charge in [-0.25, -0.2) is 4.98 Å². The molecule has 0 saturated carbocycles. The van der Waals surface area contributed by atoms with Gasteiger partial charge in [-0.3, -0.25) is 4.90 Å². The van der Waals surface area contributed by atoms with E-state index in [1.54, 1.807) is 6.07 Å². The van der Waals surface area contributed by atoms with E-state index in [0.717, 1.165) is 31.1 Å². The fourth-order valence-electron chi connectivity index (χ4n) is 2.02. The fraction of sp³-hybridized carbons (Fsp3) is 0.643. The highest BCUT2D eigenvalue weighted by molar-refractivity contribution is 6.32. The van der Waals surface area contributed by atoms with Gasteiger partial charge in [0, 0.05) is 18.7 Å². The quantitative estimate of drug-likeness (QED) is 0.679. The Labute approximate surface area is 120 Å². The SMILES string of the molecule is CCC(CC)CN(CC)Cc1ccc(Cl)nc1Cl. The molecule has 0 N–H and O–H groups in total. The van der Waals surface area contributed by atoms with Crippen molar-refractivity contribution in [1.29, 1.82) is 0 Å². The summed E-state index contributed by atoms with van der Waals surface area (Å²) >= 11 is 11.9. The van der Waals surface area contributed by atoms with E-state index in [-0.39, 0.29) is 0 Å². The van der Waals surface area contributed by atoms with Crippen molar-refractivity contribution in [2.24, 2.45) is 5.92 Å². The number of pyridine rings is 1. The van der Waals surface area contributed by atoms with Gasteiger partial charge in [0.2, 0.25) is 0 Å². The second-order valence-electron chi connectivity index (χ2n) is 4.59. The van der Waals surface area contributed by atoms with Gasteiger partial charge in [-0.2, -0.15) is 0 Å². The number of hydrogen-bond donors (Lipinski definition) is 0. The Morgan fingerprint density at radius 2 is 1.83 bits per heavy atom. The molecule has 1 heterocycles. The lowest BCUT2D eigenvalue weighted by Crippen LogP contribution is -2.28. The van der Waals surface area contributed by atoms with Crippen LogP contribution in [0, 0.1) is 5.92 Å². The average Bonchev–Trinajstić information content (AvgIpc) is 2.37. The summed E-state index contributed by atoms with van der Waals surface area (Å²) in [6.07, 6.45) is 2.44. The minimum absolute atomic E-state index is 0.451. The van der Waals surface area contributed by atoms with Crippen LogP contribution in [-0.4, -0.2) is 23.0 Å². The Morgan fingerprint density at radius 3 is 2.33 bits per heavy atom. The Bertz CT molecular complexity index is 365.